The van der Waals surface area contributed by atoms with Crippen LogP contribution in [0.5, 0.6) is 5.75 Å². The standard InChI is InChI=1S/C23H22ClN3O3/c1-2-10-26-23(29)20-9-8-18(24)13-21(20)27-22(28)17-6-3-7-19(12-17)30-15-16-5-4-11-25-14-16/h3-9,11-14H,2,10,15H2,1H3,(H,26,29)(H,27,28). The molecule has 3 rings (SSSR count). The summed E-state index contributed by atoms with van der Waals surface area (Å²) in [5.74, 6) is -0.0792. The first-order valence-corrected chi connectivity index (χ1v) is 9.95. The minimum absolute atomic E-state index is 0.266. The summed E-state index contributed by atoms with van der Waals surface area (Å²) in [6.45, 7) is 2.86. The molecule has 0 aliphatic heterocycles. The van der Waals surface area contributed by atoms with Crippen molar-refractivity contribution in [2.24, 2.45) is 0 Å². The monoisotopic (exact) mass is 423 g/mol. The molecule has 0 radical (unpaired) electrons. The Morgan fingerprint density at radius 3 is 2.70 bits per heavy atom. The number of amides is 2. The van der Waals surface area contributed by atoms with Crippen LogP contribution in [0.15, 0.2) is 67.0 Å². The maximum atomic E-state index is 12.8. The zero-order valence-corrected chi connectivity index (χ0v) is 17.3. The Morgan fingerprint density at radius 2 is 1.93 bits per heavy atom. The van der Waals surface area contributed by atoms with Gasteiger partial charge < -0.3 is 15.4 Å². The zero-order chi connectivity index (χ0) is 21.3. The second-order valence-electron chi connectivity index (χ2n) is 6.58. The molecule has 1 heterocycles. The van der Waals surface area contributed by atoms with Gasteiger partial charge >= 0.3 is 0 Å². The van der Waals surface area contributed by atoms with Crippen molar-refractivity contribution in [1.29, 1.82) is 0 Å². The first-order valence-electron chi connectivity index (χ1n) is 9.57. The maximum Gasteiger partial charge on any atom is 0.255 e. The molecule has 3 aromatic rings. The van der Waals surface area contributed by atoms with Crippen LogP contribution < -0.4 is 15.4 Å². The Bertz CT molecular complexity index is 1030. The Morgan fingerprint density at radius 1 is 1.07 bits per heavy atom. The summed E-state index contributed by atoms with van der Waals surface area (Å²) < 4.78 is 5.75. The predicted molar refractivity (Wildman–Crippen MR) is 117 cm³/mol. The van der Waals surface area contributed by atoms with E-state index in [0.29, 0.717) is 40.7 Å². The smallest absolute Gasteiger partial charge is 0.255 e. The summed E-state index contributed by atoms with van der Waals surface area (Å²) in [5, 5.41) is 6.00. The third-order valence-corrected chi connectivity index (χ3v) is 4.47. The summed E-state index contributed by atoms with van der Waals surface area (Å²) in [5.41, 5.74) is 2.03. The van der Waals surface area contributed by atoms with Crippen LogP contribution in [0.1, 0.15) is 39.6 Å². The van der Waals surface area contributed by atoms with Gasteiger partial charge in [-0.25, -0.2) is 0 Å². The normalized spacial score (nSPS) is 10.3. The van der Waals surface area contributed by atoms with Gasteiger partial charge in [-0.3, -0.25) is 14.6 Å². The summed E-state index contributed by atoms with van der Waals surface area (Å²) in [6, 6.07) is 15.3. The van der Waals surface area contributed by atoms with E-state index in [-0.39, 0.29) is 11.8 Å². The van der Waals surface area contributed by atoms with Crippen molar-refractivity contribution in [3.05, 3.63) is 88.7 Å². The number of hydrogen-bond acceptors (Lipinski definition) is 4. The summed E-state index contributed by atoms with van der Waals surface area (Å²) >= 11 is 6.07. The number of nitrogens with zero attached hydrogens (tertiary/aromatic N) is 1. The van der Waals surface area contributed by atoms with Crippen molar-refractivity contribution in [3.63, 3.8) is 0 Å². The van der Waals surface area contributed by atoms with Crippen molar-refractivity contribution < 1.29 is 14.3 Å². The van der Waals surface area contributed by atoms with E-state index in [2.05, 4.69) is 15.6 Å². The molecule has 0 spiro atoms. The number of aromatic nitrogens is 1. The van der Waals surface area contributed by atoms with Crippen LogP contribution in [0.25, 0.3) is 0 Å². The molecule has 7 heteroatoms. The van der Waals surface area contributed by atoms with Crippen LogP contribution in [0.2, 0.25) is 5.02 Å². The van der Waals surface area contributed by atoms with Gasteiger partial charge in [0.05, 0.1) is 11.3 Å². The lowest BCUT2D eigenvalue weighted by molar-refractivity contribution is 0.0954. The zero-order valence-electron chi connectivity index (χ0n) is 16.5. The van der Waals surface area contributed by atoms with Crippen LogP contribution >= 0.6 is 11.6 Å². The fraction of sp³-hybridized carbons (Fsp3) is 0.174. The van der Waals surface area contributed by atoms with Crippen molar-refractivity contribution in [3.8, 4) is 5.75 Å². The first-order chi connectivity index (χ1) is 14.6. The number of hydrogen-bond donors (Lipinski definition) is 2. The van der Waals surface area contributed by atoms with E-state index in [4.69, 9.17) is 16.3 Å². The summed E-state index contributed by atoms with van der Waals surface area (Å²) in [4.78, 5) is 29.2. The van der Waals surface area contributed by atoms with Gasteiger partial charge in [-0.2, -0.15) is 0 Å². The summed E-state index contributed by atoms with van der Waals surface area (Å²) in [6.07, 6.45) is 4.23. The van der Waals surface area contributed by atoms with E-state index in [0.717, 1.165) is 12.0 Å². The lowest BCUT2D eigenvalue weighted by atomic mass is 10.1. The van der Waals surface area contributed by atoms with Gasteiger partial charge in [0, 0.05) is 35.1 Å². The second kappa shape index (κ2) is 10.4. The highest BCUT2D eigenvalue weighted by Gasteiger charge is 2.15. The molecule has 2 aromatic carbocycles. The van der Waals surface area contributed by atoms with Crippen molar-refractivity contribution >= 4 is 29.1 Å². The van der Waals surface area contributed by atoms with Crippen molar-refractivity contribution in [2.75, 3.05) is 11.9 Å². The molecule has 0 aliphatic rings. The van der Waals surface area contributed by atoms with Gasteiger partial charge in [0.2, 0.25) is 0 Å². The van der Waals surface area contributed by atoms with E-state index in [1.807, 2.05) is 19.1 Å². The molecule has 0 saturated carbocycles. The number of rotatable bonds is 8. The molecule has 154 valence electrons. The second-order valence-corrected chi connectivity index (χ2v) is 7.01. The number of benzene rings is 2. The number of carbonyl (C=O) groups excluding carboxylic acids is 2. The minimum Gasteiger partial charge on any atom is -0.489 e. The maximum absolute atomic E-state index is 12.8. The molecular formula is C23H22ClN3O3. The molecule has 30 heavy (non-hydrogen) atoms. The van der Waals surface area contributed by atoms with Gasteiger partial charge in [0.15, 0.2) is 0 Å². The number of carbonyl (C=O) groups is 2. The average Bonchev–Trinajstić information content (AvgIpc) is 2.77. The number of pyridine rings is 1. The first kappa shape index (κ1) is 21.3. The fourth-order valence-corrected chi connectivity index (χ4v) is 2.90. The van der Waals surface area contributed by atoms with Gasteiger partial charge in [0.1, 0.15) is 12.4 Å². The van der Waals surface area contributed by atoms with Gasteiger partial charge in [0.25, 0.3) is 11.8 Å². The lowest BCUT2D eigenvalue weighted by Gasteiger charge is -2.13. The largest absolute Gasteiger partial charge is 0.489 e. The predicted octanol–water partition coefficient (Wildman–Crippen LogP) is 4.71. The van der Waals surface area contributed by atoms with E-state index in [9.17, 15) is 9.59 Å². The molecule has 2 N–H and O–H groups in total. The van der Waals surface area contributed by atoms with Gasteiger partial charge in [-0.15, -0.1) is 0 Å². The Labute approximate surface area is 180 Å². The molecule has 0 saturated heterocycles. The molecule has 0 unspecified atom stereocenters. The van der Waals surface area contributed by atoms with E-state index in [1.165, 1.54) is 0 Å². The molecular weight excluding hydrogens is 402 g/mol. The molecule has 0 atom stereocenters. The van der Waals surface area contributed by atoms with E-state index in [1.54, 1.807) is 54.9 Å². The molecule has 0 aliphatic carbocycles. The van der Waals surface area contributed by atoms with E-state index < -0.39 is 0 Å². The molecule has 1 aromatic heterocycles. The Balaban J connectivity index is 1.73. The number of nitrogens with one attached hydrogen (secondary N) is 2. The lowest BCUT2D eigenvalue weighted by Crippen LogP contribution is -2.25. The van der Waals surface area contributed by atoms with E-state index >= 15 is 0 Å². The van der Waals surface area contributed by atoms with Crippen molar-refractivity contribution in [2.45, 2.75) is 20.0 Å². The number of halogens is 1. The fourth-order valence-electron chi connectivity index (χ4n) is 2.72. The molecule has 2 amide bonds. The highest BCUT2D eigenvalue weighted by atomic mass is 35.5. The van der Waals surface area contributed by atoms with Crippen molar-refractivity contribution in [1.82, 2.24) is 10.3 Å². The van der Waals surface area contributed by atoms with Crippen LogP contribution in [0.4, 0.5) is 5.69 Å². The average molecular weight is 424 g/mol. The Kier molecular flexibility index (Phi) is 7.40. The van der Waals surface area contributed by atoms with Crippen LogP contribution in [-0.2, 0) is 6.61 Å². The highest BCUT2D eigenvalue weighted by molar-refractivity contribution is 6.31. The van der Waals surface area contributed by atoms with Crippen LogP contribution in [0, 0.1) is 0 Å². The molecule has 6 nitrogen and oxygen atoms in total. The number of ether oxygens (including phenoxy) is 1. The topological polar surface area (TPSA) is 80.3 Å². The quantitative estimate of drug-likeness (QED) is 0.550. The third kappa shape index (κ3) is 5.81. The highest BCUT2D eigenvalue weighted by Crippen LogP contribution is 2.23. The summed E-state index contributed by atoms with van der Waals surface area (Å²) in [7, 11) is 0. The molecule has 0 bridgehead atoms. The molecule has 0 fully saturated rings. The third-order valence-electron chi connectivity index (χ3n) is 4.23. The minimum atomic E-state index is -0.367. The SMILES string of the molecule is CCCNC(=O)c1ccc(Cl)cc1NC(=O)c1cccc(OCc2cccnc2)c1. The van der Waals surface area contributed by atoms with Crippen LogP contribution in [-0.4, -0.2) is 23.3 Å². The Hall–Kier alpha value is -3.38. The van der Waals surface area contributed by atoms with Gasteiger partial charge in [-0.05, 0) is 48.9 Å². The van der Waals surface area contributed by atoms with Crippen LogP contribution in [0.3, 0.4) is 0 Å². The van der Waals surface area contributed by atoms with Gasteiger partial charge in [-0.1, -0.05) is 30.7 Å². The number of anilines is 1.